The Morgan fingerprint density at radius 3 is 2.69 bits per heavy atom. The van der Waals surface area contributed by atoms with Crippen molar-refractivity contribution in [2.75, 3.05) is 25.0 Å². The van der Waals surface area contributed by atoms with Gasteiger partial charge in [0.15, 0.2) is 11.8 Å². The van der Waals surface area contributed by atoms with E-state index in [0.29, 0.717) is 12.6 Å². The fourth-order valence-electron chi connectivity index (χ4n) is 3.67. The van der Waals surface area contributed by atoms with Crippen LogP contribution in [-0.2, 0) is 6.54 Å². The summed E-state index contributed by atoms with van der Waals surface area (Å²) in [6.07, 6.45) is 3.71. The molecule has 3 N–H and O–H groups in total. The minimum absolute atomic E-state index is 0.432. The molecule has 0 unspecified atom stereocenters. The van der Waals surface area contributed by atoms with Crippen LogP contribution in [0, 0.1) is 0 Å². The molecule has 7 heteroatoms. The molecule has 2 aromatic carbocycles. The van der Waals surface area contributed by atoms with Crippen molar-refractivity contribution >= 4 is 11.6 Å². The van der Waals surface area contributed by atoms with Crippen molar-refractivity contribution in [3.05, 3.63) is 66.5 Å². The van der Waals surface area contributed by atoms with Gasteiger partial charge in [-0.05, 0) is 36.6 Å². The smallest absolute Gasteiger partial charge is 0.191 e. The molecule has 1 aliphatic heterocycles. The fraction of sp³-hybridized carbons (Fsp3) is 0.318. The topological polar surface area (TPSA) is 81.2 Å². The Morgan fingerprint density at radius 1 is 1.14 bits per heavy atom. The number of aromatic nitrogens is 3. The average molecular weight is 390 g/mol. The van der Waals surface area contributed by atoms with Gasteiger partial charge in [0.1, 0.15) is 6.33 Å². The number of guanidine groups is 1. The van der Waals surface area contributed by atoms with Crippen LogP contribution in [0.25, 0.3) is 11.4 Å². The lowest BCUT2D eigenvalue weighted by molar-refractivity contribution is 0.461. The van der Waals surface area contributed by atoms with E-state index in [2.05, 4.69) is 78.2 Å². The summed E-state index contributed by atoms with van der Waals surface area (Å²) in [6, 6.07) is 19.3. The third kappa shape index (κ3) is 4.93. The van der Waals surface area contributed by atoms with E-state index in [0.717, 1.165) is 43.3 Å². The van der Waals surface area contributed by atoms with Crippen LogP contribution in [0.2, 0.25) is 0 Å². The molecular formula is C22H27N7. The summed E-state index contributed by atoms with van der Waals surface area (Å²) in [5, 5.41) is 13.8. The largest absolute Gasteiger partial charge is 0.371 e. The Hall–Kier alpha value is -3.35. The molecule has 0 radical (unpaired) electrons. The maximum atomic E-state index is 4.40. The molecule has 29 heavy (non-hydrogen) atoms. The molecule has 1 saturated heterocycles. The van der Waals surface area contributed by atoms with E-state index in [1.54, 1.807) is 0 Å². The molecular weight excluding hydrogens is 362 g/mol. The Kier molecular flexibility index (Phi) is 6.04. The van der Waals surface area contributed by atoms with Crippen molar-refractivity contribution in [2.24, 2.45) is 4.99 Å². The van der Waals surface area contributed by atoms with Crippen molar-refractivity contribution in [1.29, 1.82) is 0 Å². The summed E-state index contributed by atoms with van der Waals surface area (Å²) < 4.78 is 0. The van der Waals surface area contributed by atoms with Gasteiger partial charge in [0.2, 0.25) is 0 Å². The van der Waals surface area contributed by atoms with E-state index >= 15 is 0 Å². The normalized spacial score (nSPS) is 15.3. The molecule has 7 nitrogen and oxygen atoms in total. The molecule has 150 valence electrons. The number of aliphatic imine (C=N–C) groups is 1. The molecule has 2 heterocycles. The summed E-state index contributed by atoms with van der Waals surface area (Å²) in [6.45, 7) is 2.81. The second-order valence-corrected chi connectivity index (χ2v) is 7.20. The van der Waals surface area contributed by atoms with Crippen LogP contribution in [0.4, 0.5) is 5.69 Å². The highest BCUT2D eigenvalue weighted by atomic mass is 15.2. The first-order chi connectivity index (χ1) is 14.3. The highest BCUT2D eigenvalue weighted by Crippen LogP contribution is 2.19. The van der Waals surface area contributed by atoms with Crippen LogP contribution < -0.4 is 15.5 Å². The van der Waals surface area contributed by atoms with Crippen LogP contribution in [0.1, 0.15) is 18.4 Å². The number of hydrogen-bond acceptors (Lipinski definition) is 4. The fourth-order valence-corrected chi connectivity index (χ4v) is 3.67. The van der Waals surface area contributed by atoms with Crippen LogP contribution in [0.5, 0.6) is 0 Å². The summed E-state index contributed by atoms with van der Waals surface area (Å²) >= 11 is 0. The molecule has 1 aromatic heterocycles. The van der Waals surface area contributed by atoms with Gasteiger partial charge >= 0.3 is 0 Å². The van der Waals surface area contributed by atoms with Crippen molar-refractivity contribution in [2.45, 2.75) is 25.4 Å². The number of hydrogen-bond donors (Lipinski definition) is 3. The zero-order valence-corrected chi connectivity index (χ0v) is 16.7. The van der Waals surface area contributed by atoms with Gasteiger partial charge in [-0.25, -0.2) is 4.98 Å². The second-order valence-electron chi connectivity index (χ2n) is 7.20. The van der Waals surface area contributed by atoms with E-state index in [-0.39, 0.29) is 0 Å². The van der Waals surface area contributed by atoms with Crippen molar-refractivity contribution < 1.29 is 0 Å². The van der Waals surface area contributed by atoms with E-state index in [1.165, 1.54) is 17.6 Å². The van der Waals surface area contributed by atoms with E-state index in [9.17, 15) is 0 Å². The highest BCUT2D eigenvalue weighted by Gasteiger charge is 2.20. The standard InChI is InChI=1S/C22H27N7/c1-23-22(24-15-17-6-5-7-18(14-17)21-25-16-26-28-21)27-19-10-12-29(13-11-19)20-8-3-2-4-9-20/h2-9,14,16,19H,10-13,15H2,1H3,(H2,23,24,27)(H,25,26,28). The highest BCUT2D eigenvalue weighted by molar-refractivity contribution is 5.80. The van der Waals surface area contributed by atoms with Gasteiger partial charge in [0.25, 0.3) is 0 Å². The van der Waals surface area contributed by atoms with Gasteiger partial charge in [-0.2, -0.15) is 5.10 Å². The minimum Gasteiger partial charge on any atom is -0.371 e. The van der Waals surface area contributed by atoms with Gasteiger partial charge in [0, 0.05) is 44.0 Å². The molecule has 1 fully saturated rings. The average Bonchev–Trinajstić information content (AvgIpc) is 3.33. The monoisotopic (exact) mass is 389 g/mol. The first kappa shape index (κ1) is 19.0. The summed E-state index contributed by atoms with van der Waals surface area (Å²) in [5.74, 6) is 1.62. The van der Waals surface area contributed by atoms with Crippen molar-refractivity contribution in [1.82, 2.24) is 25.8 Å². The van der Waals surface area contributed by atoms with Crippen molar-refractivity contribution in [3.63, 3.8) is 0 Å². The van der Waals surface area contributed by atoms with Gasteiger partial charge in [-0.1, -0.05) is 36.4 Å². The molecule has 0 aliphatic carbocycles. The predicted octanol–water partition coefficient (Wildman–Crippen LogP) is 2.81. The minimum atomic E-state index is 0.432. The first-order valence-electron chi connectivity index (χ1n) is 10.0. The zero-order chi connectivity index (χ0) is 19.9. The SMILES string of the molecule is CN=C(NCc1cccc(-c2ncn[nH]2)c1)NC1CCN(c2ccccc2)CC1. The zero-order valence-electron chi connectivity index (χ0n) is 16.7. The molecule has 4 rings (SSSR count). The molecule has 0 atom stereocenters. The van der Waals surface area contributed by atoms with E-state index < -0.39 is 0 Å². The maximum absolute atomic E-state index is 4.40. The third-order valence-corrected chi connectivity index (χ3v) is 5.26. The van der Waals surface area contributed by atoms with Crippen molar-refractivity contribution in [3.8, 4) is 11.4 Å². The second kappa shape index (κ2) is 9.23. The molecule has 3 aromatic rings. The molecule has 0 saturated carbocycles. The quantitative estimate of drug-likeness (QED) is 0.462. The Balaban J connectivity index is 1.28. The number of benzene rings is 2. The van der Waals surface area contributed by atoms with Gasteiger partial charge < -0.3 is 15.5 Å². The molecule has 0 amide bonds. The third-order valence-electron chi connectivity index (χ3n) is 5.26. The lowest BCUT2D eigenvalue weighted by Crippen LogP contribution is -2.48. The van der Waals surface area contributed by atoms with Gasteiger partial charge in [0.05, 0.1) is 0 Å². The van der Waals surface area contributed by atoms with Crippen LogP contribution in [0.15, 0.2) is 65.9 Å². The lowest BCUT2D eigenvalue weighted by Gasteiger charge is -2.34. The maximum Gasteiger partial charge on any atom is 0.191 e. The molecule has 1 aliphatic rings. The van der Waals surface area contributed by atoms with Crippen LogP contribution in [-0.4, -0.2) is 47.3 Å². The Bertz CT molecular complexity index is 913. The Labute approximate surface area is 171 Å². The molecule has 0 spiro atoms. The number of H-pyrrole nitrogens is 1. The van der Waals surface area contributed by atoms with E-state index in [1.807, 2.05) is 19.2 Å². The lowest BCUT2D eigenvalue weighted by atomic mass is 10.0. The van der Waals surface area contributed by atoms with Crippen LogP contribution >= 0.6 is 0 Å². The van der Waals surface area contributed by atoms with Gasteiger partial charge in [-0.3, -0.25) is 10.1 Å². The number of para-hydroxylation sites is 1. The first-order valence-corrected chi connectivity index (χ1v) is 10.0. The number of anilines is 1. The summed E-state index contributed by atoms with van der Waals surface area (Å²) in [5.41, 5.74) is 3.50. The predicted molar refractivity (Wildman–Crippen MR) is 117 cm³/mol. The van der Waals surface area contributed by atoms with Gasteiger partial charge in [-0.15, -0.1) is 0 Å². The van der Waals surface area contributed by atoms with E-state index in [4.69, 9.17) is 0 Å². The number of piperidine rings is 1. The summed E-state index contributed by atoms with van der Waals surface area (Å²) in [4.78, 5) is 11.1. The summed E-state index contributed by atoms with van der Waals surface area (Å²) in [7, 11) is 1.82. The number of nitrogens with zero attached hydrogens (tertiary/aromatic N) is 4. The molecule has 0 bridgehead atoms. The number of aromatic amines is 1. The van der Waals surface area contributed by atoms with Crippen LogP contribution in [0.3, 0.4) is 0 Å². The number of nitrogens with one attached hydrogen (secondary N) is 3. The Morgan fingerprint density at radius 2 is 1.97 bits per heavy atom. The number of rotatable bonds is 5.